The smallest absolute Gasteiger partial charge is 0.255 e. The van der Waals surface area contributed by atoms with E-state index in [4.69, 9.17) is 0 Å². The van der Waals surface area contributed by atoms with Gasteiger partial charge in [-0.15, -0.1) is 0 Å². The van der Waals surface area contributed by atoms with E-state index in [0.29, 0.717) is 30.8 Å². The molecule has 184 valence electrons. The lowest BCUT2D eigenvalue weighted by atomic mass is 9.96. The number of fused-ring (bicyclic) bond motifs is 2. The molecule has 6 rings (SSSR count). The van der Waals surface area contributed by atoms with Crippen molar-refractivity contribution in [3.05, 3.63) is 113 Å². The molecule has 0 aliphatic carbocycles. The number of H-pyrrole nitrogens is 1. The largest absolute Gasteiger partial charge is 0.359 e. The van der Waals surface area contributed by atoms with Crippen molar-refractivity contribution in [1.29, 1.82) is 0 Å². The van der Waals surface area contributed by atoms with Gasteiger partial charge in [0.25, 0.3) is 11.8 Å². The summed E-state index contributed by atoms with van der Waals surface area (Å²) in [6.45, 7) is 3.76. The first-order chi connectivity index (χ1) is 18.0. The van der Waals surface area contributed by atoms with E-state index >= 15 is 0 Å². The molecule has 0 spiro atoms. The molecule has 0 bridgehead atoms. The van der Waals surface area contributed by atoms with Crippen LogP contribution in [0.3, 0.4) is 0 Å². The van der Waals surface area contributed by atoms with Crippen molar-refractivity contribution >= 4 is 28.4 Å². The van der Waals surface area contributed by atoms with Crippen LogP contribution < -0.4 is 5.32 Å². The van der Waals surface area contributed by atoms with Gasteiger partial charge < -0.3 is 15.2 Å². The zero-order valence-corrected chi connectivity index (χ0v) is 20.4. The summed E-state index contributed by atoms with van der Waals surface area (Å²) in [7, 11) is 0. The zero-order valence-electron chi connectivity index (χ0n) is 20.4. The second-order valence-corrected chi connectivity index (χ2v) is 9.46. The molecular weight excluding hydrogens is 464 g/mol. The van der Waals surface area contributed by atoms with Gasteiger partial charge in [0.2, 0.25) is 0 Å². The van der Waals surface area contributed by atoms with E-state index in [1.54, 1.807) is 11.0 Å². The molecule has 2 amide bonds. The molecule has 0 atom stereocenters. The van der Waals surface area contributed by atoms with Crippen molar-refractivity contribution in [2.45, 2.75) is 26.4 Å². The lowest BCUT2D eigenvalue weighted by Gasteiger charge is -2.29. The molecule has 0 saturated carbocycles. The van der Waals surface area contributed by atoms with Gasteiger partial charge in [0, 0.05) is 46.5 Å². The number of benzene rings is 3. The van der Waals surface area contributed by atoms with Crippen molar-refractivity contribution < 1.29 is 9.59 Å². The molecule has 0 saturated heterocycles. The quantitative estimate of drug-likeness (QED) is 0.377. The number of carbonyl (C=O) groups excluding carboxylic acids is 2. The Hall–Kier alpha value is -4.72. The van der Waals surface area contributed by atoms with Gasteiger partial charge in [-0.1, -0.05) is 18.2 Å². The summed E-state index contributed by atoms with van der Waals surface area (Å²) < 4.78 is 1.74. The van der Waals surface area contributed by atoms with Gasteiger partial charge in [-0.3, -0.25) is 9.59 Å². The molecular formula is C29H26N6O2. The molecule has 8 heteroatoms. The van der Waals surface area contributed by atoms with Crippen molar-refractivity contribution in [2.24, 2.45) is 0 Å². The number of amides is 2. The molecule has 0 radical (unpaired) electrons. The average Bonchev–Trinajstić information content (AvgIpc) is 3.56. The first-order valence-electron chi connectivity index (χ1n) is 12.2. The topological polar surface area (TPSA) is 95.9 Å². The molecule has 2 N–H and O–H groups in total. The van der Waals surface area contributed by atoms with Crippen LogP contribution in [0, 0.1) is 6.92 Å². The molecule has 2 aromatic heterocycles. The average molecular weight is 491 g/mol. The molecule has 3 heterocycles. The Balaban J connectivity index is 1.14. The van der Waals surface area contributed by atoms with E-state index in [2.05, 4.69) is 20.4 Å². The SMILES string of the molecule is Cc1cc2cc(C(=O)N3CCc4ccc(C(=O)Nc5ccc(Cn6cncn6)cc5)cc4C3)ccc2[nH]1. The van der Waals surface area contributed by atoms with E-state index in [9.17, 15) is 9.59 Å². The van der Waals surface area contributed by atoms with Gasteiger partial charge in [-0.25, -0.2) is 9.67 Å². The highest BCUT2D eigenvalue weighted by Gasteiger charge is 2.23. The Morgan fingerprint density at radius 2 is 1.81 bits per heavy atom. The third kappa shape index (κ3) is 4.73. The van der Waals surface area contributed by atoms with Crippen LogP contribution >= 0.6 is 0 Å². The maximum Gasteiger partial charge on any atom is 0.255 e. The van der Waals surface area contributed by atoms with Crippen LogP contribution in [0.5, 0.6) is 0 Å². The number of rotatable bonds is 5. The molecule has 8 nitrogen and oxygen atoms in total. The monoisotopic (exact) mass is 490 g/mol. The number of hydrogen-bond acceptors (Lipinski definition) is 4. The number of carbonyl (C=O) groups is 2. The van der Waals surface area contributed by atoms with Gasteiger partial charge in [0.15, 0.2) is 0 Å². The van der Waals surface area contributed by atoms with Gasteiger partial charge >= 0.3 is 0 Å². The van der Waals surface area contributed by atoms with Crippen LogP contribution in [-0.4, -0.2) is 43.0 Å². The third-order valence-electron chi connectivity index (χ3n) is 6.79. The summed E-state index contributed by atoms with van der Waals surface area (Å²) in [4.78, 5) is 35.4. The Kier molecular flexibility index (Phi) is 5.76. The predicted molar refractivity (Wildman–Crippen MR) is 141 cm³/mol. The van der Waals surface area contributed by atoms with Crippen molar-refractivity contribution in [3.8, 4) is 0 Å². The number of aromatic amines is 1. The van der Waals surface area contributed by atoms with E-state index in [0.717, 1.165) is 39.8 Å². The summed E-state index contributed by atoms with van der Waals surface area (Å²) >= 11 is 0. The minimum Gasteiger partial charge on any atom is -0.359 e. The molecule has 0 unspecified atom stereocenters. The summed E-state index contributed by atoms with van der Waals surface area (Å²) in [5, 5.41) is 8.12. The van der Waals surface area contributed by atoms with Crippen LogP contribution in [-0.2, 0) is 19.5 Å². The van der Waals surface area contributed by atoms with Crippen molar-refractivity contribution in [2.75, 3.05) is 11.9 Å². The van der Waals surface area contributed by atoms with E-state index in [1.807, 2.05) is 78.6 Å². The summed E-state index contributed by atoms with van der Waals surface area (Å²) in [6, 6.07) is 21.3. The number of nitrogens with one attached hydrogen (secondary N) is 2. The second-order valence-electron chi connectivity index (χ2n) is 9.46. The van der Waals surface area contributed by atoms with Crippen molar-refractivity contribution in [1.82, 2.24) is 24.6 Å². The lowest BCUT2D eigenvalue weighted by molar-refractivity contribution is 0.0735. The number of aromatic nitrogens is 4. The Bertz CT molecular complexity index is 1600. The maximum atomic E-state index is 13.3. The standard InChI is InChI=1S/C29H26N6O2/c1-19-12-24-14-23(6-9-27(24)32-19)29(37)34-11-10-21-4-5-22(13-25(21)16-34)28(36)33-26-7-2-20(3-8-26)15-35-18-30-17-31-35/h2-9,12-14,17-18,32H,10-11,15-16H2,1H3,(H,33,36). The minimum atomic E-state index is -0.177. The highest BCUT2D eigenvalue weighted by atomic mass is 16.2. The predicted octanol–water partition coefficient (Wildman–Crippen LogP) is 4.57. The number of nitrogens with zero attached hydrogens (tertiary/aromatic N) is 4. The molecule has 37 heavy (non-hydrogen) atoms. The van der Waals surface area contributed by atoms with Crippen LogP contribution in [0.15, 0.2) is 79.4 Å². The Morgan fingerprint density at radius 3 is 2.62 bits per heavy atom. The first-order valence-corrected chi connectivity index (χ1v) is 12.2. The highest BCUT2D eigenvalue weighted by molar-refractivity contribution is 6.04. The van der Waals surface area contributed by atoms with E-state index in [1.165, 1.54) is 11.9 Å². The molecule has 0 fully saturated rings. The van der Waals surface area contributed by atoms with Gasteiger partial charge in [-0.05, 0) is 78.6 Å². The van der Waals surface area contributed by atoms with Gasteiger partial charge in [-0.2, -0.15) is 5.10 Å². The fraction of sp³-hybridized carbons (Fsp3) is 0.172. The number of hydrogen-bond donors (Lipinski definition) is 2. The normalized spacial score (nSPS) is 12.9. The summed E-state index contributed by atoms with van der Waals surface area (Å²) in [5.74, 6) is -0.171. The number of aryl methyl sites for hydroxylation is 1. The van der Waals surface area contributed by atoms with Crippen LogP contribution in [0.1, 0.15) is 43.1 Å². The zero-order chi connectivity index (χ0) is 25.4. The lowest BCUT2D eigenvalue weighted by Crippen LogP contribution is -2.36. The summed E-state index contributed by atoms with van der Waals surface area (Å²) in [6.07, 6.45) is 3.94. The Labute approximate surface area is 214 Å². The van der Waals surface area contributed by atoms with E-state index < -0.39 is 0 Å². The second kappa shape index (κ2) is 9.39. The highest BCUT2D eigenvalue weighted by Crippen LogP contribution is 2.24. The summed E-state index contributed by atoms with van der Waals surface area (Å²) in [5.41, 5.74) is 7.31. The van der Waals surface area contributed by atoms with Crippen LogP contribution in [0.4, 0.5) is 5.69 Å². The van der Waals surface area contributed by atoms with Gasteiger partial charge in [0.1, 0.15) is 12.7 Å². The van der Waals surface area contributed by atoms with E-state index in [-0.39, 0.29) is 11.8 Å². The first kappa shape index (κ1) is 22.7. The fourth-order valence-electron chi connectivity index (χ4n) is 4.86. The molecule has 1 aliphatic heterocycles. The maximum absolute atomic E-state index is 13.3. The van der Waals surface area contributed by atoms with Crippen LogP contribution in [0.25, 0.3) is 10.9 Å². The fourth-order valence-corrected chi connectivity index (χ4v) is 4.86. The minimum absolute atomic E-state index is 0.00670. The molecule has 5 aromatic rings. The Morgan fingerprint density at radius 1 is 0.973 bits per heavy atom. The third-order valence-corrected chi connectivity index (χ3v) is 6.79. The van der Waals surface area contributed by atoms with Gasteiger partial charge in [0.05, 0.1) is 6.54 Å². The van der Waals surface area contributed by atoms with Crippen LogP contribution in [0.2, 0.25) is 0 Å². The van der Waals surface area contributed by atoms with Crippen molar-refractivity contribution in [3.63, 3.8) is 0 Å². The number of anilines is 1. The molecule has 3 aromatic carbocycles. The molecule has 1 aliphatic rings.